The van der Waals surface area contributed by atoms with Gasteiger partial charge in [0.2, 0.25) is 5.91 Å². The Morgan fingerprint density at radius 2 is 1.95 bits per heavy atom. The average molecular weight is 321 g/mol. The number of amides is 1. The number of benzene rings is 1. The van der Waals surface area contributed by atoms with Crippen molar-refractivity contribution in [3.63, 3.8) is 0 Å². The summed E-state index contributed by atoms with van der Waals surface area (Å²) < 4.78 is 28.3. The molecule has 22 heavy (non-hydrogen) atoms. The van der Waals surface area contributed by atoms with Crippen molar-refractivity contribution in [1.29, 1.82) is 0 Å². The van der Waals surface area contributed by atoms with Gasteiger partial charge in [-0.15, -0.1) is 0 Å². The van der Waals surface area contributed by atoms with Crippen molar-refractivity contribution in [2.75, 3.05) is 0 Å². The molecule has 1 N–H and O–H groups in total. The van der Waals surface area contributed by atoms with Gasteiger partial charge in [0.15, 0.2) is 0 Å². The summed E-state index contributed by atoms with van der Waals surface area (Å²) in [7, 11) is -3.84. The van der Waals surface area contributed by atoms with Gasteiger partial charge in [-0.25, -0.2) is 13.1 Å². The summed E-state index contributed by atoms with van der Waals surface area (Å²) in [6.07, 6.45) is 3.53. The zero-order chi connectivity index (χ0) is 16.3. The number of aromatic nitrogens is 2. The van der Waals surface area contributed by atoms with Crippen LogP contribution in [0.15, 0.2) is 35.5 Å². The first-order valence-electron chi connectivity index (χ1n) is 6.90. The Morgan fingerprint density at radius 3 is 2.59 bits per heavy atom. The van der Waals surface area contributed by atoms with Crippen LogP contribution in [0.5, 0.6) is 0 Å². The fraction of sp³-hybridized carbons (Fsp3) is 0.333. The van der Waals surface area contributed by atoms with E-state index in [-0.39, 0.29) is 11.3 Å². The predicted molar refractivity (Wildman–Crippen MR) is 82.8 cm³/mol. The van der Waals surface area contributed by atoms with Crippen molar-refractivity contribution in [3.05, 3.63) is 47.3 Å². The Kier molecular flexibility index (Phi) is 4.65. The van der Waals surface area contributed by atoms with Crippen LogP contribution in [-0.2, 0) is 21.4 Å². The van der Waals surface area contributed by atoms with Gasteiger partial charge in [0.1, 0.15) is 0 Å². The quantitative estimate of drug-likeness (QED) is 0.909. The lowest BCUT2D eigenvalue weighted by atomic mass is 10.2. The van der Waals surface area contributed by atoms with E-state index in [1.165, 1.54) is 0 Å². The third-order valence-electron chi connectivity index (χ3n) is 3.21. The van der Waals surface area contributed by atoms with Gasteiger partial charge in [-0.05, 0) is 43.5 Å². The Hall–Kier alpha value is -2.15. The first-order valence-corrected chi connectivity index (χ1v) is 8.38. The predicted octanol–water partition coefficient (Wildman–Crippen LogP) is 1.70. The van der Waals surface area contributed by atoms with E-state index in [0.29, 0.717) is 12.1 Å². The first-order chi connectivity index (χ1) is 10.3. The topological polar surface area (TPSA) is 81.1 Å². The highest BCUT2D eigenvalue weighted by Crippen LogP contribution is 2.16. The standard InChI is InChI=1S/C15H19N3O3S/c1-11-4-5-13(3)14(8-11)22(20,21)17-15(19)6-7-18-10-12(2)9-16-18/h4-5,8-10H,6-7H2,1-3H3,(H,17,19). The third kappa shape index (κ3) is 3.94. The molecule has 0 radical (unpaired) electrons. The van der Waals surface area contributed by atoms with Gasteiger partial charge in [-0.3, -0.25) is 9.48 Å². The molecule has 0 aliphatic heterocycles. The summed E-state index contributed by atoms with van der Waals surface area (Å²) >= 11 is 0. The molecule has 6 nitrogen and oxygen atoms in total. The summed E-state index contributed by atoms with van der Waals surface area (Å²) in [5.41, 5.74) is 2.42. The molecule has 0 aliphatic rings. The number of carbonyl (C=O) groups is 1. The minimum Gasteiger partial charge on any atom is -0.274 e. The van der Waals surface area contributed by atoms with Crippen molar-refractivity contribution < 1.29 is 13.2 Å². The van der Waals surface area contributed by atoms with Gasteiger partial charge >= 0.3 is 0 Å². The second kappa shape index (κ2) is 6.31. The number of hydrogen-bond donors (Lipinski definition) is 1. The number of aryl methyl sites for hydroxylation is 4. The van der Waals surface area contributed by atoms with Crippen LogP contribution in [0.25, 0.3) is 0 Å². The van der Waals surface area contributed by atoms with Crippen molar-refractivity contribution in [3.8, 4) is 0 Å². The molecule has 2 aromatic rings. The van der Waals surface area contributed by atoms with E-state index in [2.05, 4.69) is 9.82 Å². The lowest BCUT2D eigenvalue weighted by Gasteiger charge is -2.10. The monoisotopic (exact) mass is 321 g/mol. The van der Waals surface area contributed by atoms with E-state index < -0.39 is 15.9 Å². The molecule has 0 aliphatic carbocycles. The molecule has 0 bridgehead atoms. The number of nitrogens with zero attached hydrogens (tertiary/aromatic N) is 2. The lowest BCUT2D eigenvalue weighted by molar-refractivity contribution is -0.119. The Bertz CT molecular complexity index is 794. The molecule has 1 amide bonds. The van der Waals surface area contributed by atoms with Crippen molar-refractivity contribution in [2.24, 2.45) is 0 Å². The molecule has 1 heterocycles. The van der Waals surface area contributed by atoms with Crippen LogP contribution in [0.2, 0.25) is 0 Å². The number of nitrogens with one attached hydrogen (secondary N) is 1. The fourth-order valence-corrected chi connectivity index (χ4v) is 3.40. The lowest BCUT2D eigenvalue weighted by Crippen LogP contribution is -2.31. The zero-order valence-corrected chi connectivity index (χ0v) is 13.6. The Morgan fingerprint density at radius 1 is 1.23 bits per heavy atom. The minimum atomic E-state index is -3.84. The van der Waals surface area contributed by atoms with Crippen LogP contribution in [-0.4, -0.2) is 24.1 Å². The van der Waals surface area contributed by atoms with E-state index >= 15 is 0 Å². The Balaban J connectivity index is 2.05. The van der Waals surface area contributed by atoms with Crippen LogP contribution in [0.1, 0.15) is 23.1 Å². The van der Waals surface area contributed by atoms with Crippen molar-refractivity contribution >= 4 is 15.9 Å². The largest absolute Gasteiger partial charge is 0.274 e. The molecule has 1 aromatic carbocycles. The number of hydrogen-bond acceptors (Lipinski definition) is 4. The third-order valence-corrected chi connectivity index (χ3v) is 4.73. The normalized spacial score (nSPS) is 11.4. The average Bonchev–Trinajstić information content (AvgIpc) is 2.84. The number of sulfonamides is 1. The highest BCUT2D eigenvalue weighted by atomic mass is 32.2. The number of carbonyl (C=O) groups excluding carboxylic acids is 1. The maximum absolute atomic E-state index is 12.3. The van der Waals surface area contributed by atoms with Crippen LogP contribution >= 0.6 is 0 Å². The van der Waals surface area contributed by atoms with Crippen LogP contribution in [0, 0.1) is 20.8 Å². The molecular formula is C15H19N3O3S. The van der Waals surface area contributed by atoms with Gasteiger partial charge in [0.05, 0.1) is 11.1 Å². The van der Waals surface area contributed by atoms with Gasteiger partial charge < -0.3 is 0 Å². The van der Waals surface area contributed by atoms with Gasteiger partial charge in [-0.1, -0.05) is 12.1 Å². The molecule has 0 unspecified atom stereocenters. The molecule has 0 saturated carbocycles. The van der Waals surface area contributed by atoms with Crippen LogP contribution in [0.3, 0.4) is 0 Å². The summed E-state index contributed by atoms with van der Waals surface area (Å²) in [6.45, 7) is 5.74. The molecular weight excluding hydrogens is 302 g/mol. The van der Waals surface area contributed by atoms with Crippen LogP contribution in [0.4, 0.5) is 0 Å². The molecule has 1 aromatic heterocycles. The molecule has 118 valence electrons. The first kappa shape index (κ1) is 16.2. The summed E-state index contributed by atoms with van der Waals surface area (Å²) in [4.78, 5) is 12.0. The van der Waals surface area contributed by atoms with E-state index in [0.717, 1.165) is 11.1 Å². The summed E-state index contributed by atoms with van der Waals surface area (Å²) in [5, 5.41) is 4.06. The van der Waals surface area contributed by atoms with E-state index in [1.807, 2.05) is 13.0 Å². The van der Waals surface area contributed by atoms with Gasteiger partial charge in [0, 0.05) is 19.2 Å². The minimum absolute atomic E-state index is 0.0468. The van der Waals surface area contributed by atoms with Crippen LogP contribution < -0.4 is 4.72 Å². The van der Waals surface area contributed by atoms with E-state index in [1.54, 1.807) is 43.1 Å². The van der Waals surface area contributed by atoms with Gasteiger partial charge in [-0.2, -0.15) is 5.10 Å². The smallest absolute Gasteiger partial charge is 0.264 e. The summed E-state index contributed by atoms with van der Waals surface area (Å²) in [6, 6.07) is 5.11. The highest BCUT2D eigenvalue weighted by Gasteiger charge is 2.19. The van der Waals surface area contributed by atoms with E-state index in [9.17, 15) is 13.2 Å². The second-order valence-corrected chi connectivity index (χ2v) is 6.98. The molecule has 0 fully saturated rings. The molecule has 7 heteroatoms. The Labute approximate surface area is 130 Å². The maximum atomic E-state index is 12.3. The van der Waals surface area contributed by atoms with Gasteiger partial charge in [0.25, 0.3) is 10.0 Å². The molecule has 0 saturated heterocycles. The molecule has 2 rings (SSSR count). The molecule has 0 atom stereocenters. The SMILES string of the molecule is Cc1ccc(C)c(S(=O)(=O)NC(=O)CCn2cc(C)cn2)c1. The van der Waals surface area contributed by atoms with Crippen molar-refractivity contribution in [1.82, 2.24) is 14.5 Å². The number of rotatable bonds is 5. The van der Waals surface area contributed by atoms with E-state index in [4.69, 9.17) is 0 Å². The fourth-order valence-electron chi connectivity index (χ4n) is 2.06. The summed E-state index contributed by atoms with van der Waals surface area (Å²) in [5.74, 6) is -0.547. The van der Waals surface area contributed by atoms with Crippen molar-refractivity contribution in [2.45, 2.75) is 38.6 Å². The molecule has 0 spiro atoms. The zero-order valence-electron chi connectivity index (χ0n) is 12.8. The second-order valence-electron chi connectivity index (χ2n) is 5.33. The highest BCUT2D eigenvalue weighted by molar-refractivity contribution is 7.90. The maximum Gasteiger partial charge on any atom is 0.264 e.